The zero-order valence-corrected chi connectivity index (χ0v) is 10.4. The van der Waals surface area contributed by atoms with E-state index in [0.29, 0.717) is 46.0 Å². The lowest BCUT2D eigenvalue weighted by Gasteiger charge is -2.06. The molecule has 0 aromatic rings. The van der Waals surface area contributed by atoms with Crippen LogP contribution in [0.1, 0.15) is 12.8 Å². The Morgan fingerprint density at radius 1 is 1.06 bits per heavy atom. The fourth-order valence-electron chi connectivity index (χ4n) is 1.10. The van der Waals surface area contributed by atoms with Crippen molar-refractivity contribution in [2.45, 2.75) is 12.8 Å². The Bertz CT molecular complexity index is 177. The Labute approximate surface area is 102 Å². The second-order valence-corrected chi connectivity index (χ2v) is 3.46. The molecule has 0 aliphatic rings. The van der Waals surface area contributed by atoms with E-state index in [1.54, 1.807) is 7.11 Å². The molecular weight excluding hydrogens is 226 g/mol. The van der Waals surface area contributed by atoms with Gasteiger partial charge in [-0.05, 0) is 13.0 Å². The van der Waals surface area contributed by atoms with Crippen LogP contribution in [0.4, 0.5) is 0 Å². The molecule has 0 amide bonds. The highest BCUT2D eigenvalue weighted by molar-refractivity contribution is 5.66. The van der Waals surface area contributed by atoms with E-state index in [4.69, 9.17) is 19.3 Å². The normalized spacial score (nSPS) is 10.6. The van der Waals surface area contributed by atoms with Crippen molar-refractivity contribution in [3.05, 3.63) is 0 Å². The fourth-order valence-corrected chi connectivity index (χ4v) is 1.10. The molecule has 0 atom stereocenters. The number of carboxylic acids is 1. The molecule has 0 aromatic carbocycles. The maximum atomic E-state index is 10.2. The minimum absolute atomic E-state index is 0.210. The zero-order chi connectivity index (χ0) is 12.8. The Morgan fingerprint density at radius 3 is 2.35 bits per heavy atom. The van der Waals surface area contributed by atoms with Crippen LogP contribution >= 0.6 is 0 Å². The zero-order valence-electron chi connectivity index (χ0n) is 10.4. The molecule has 17 heavy (non-hydrogen) atoms. The molecule has 0 bridgehead atoms. The summed E-state index contributed by atoms with van der Waals surface area (Å²) in [4.78, 5) is 10.2. The van der Waals surface area contributed by atoms with Gasteiger partial charge in [0.1, 0.15) is 0 Å². The molecule has 0 unspecified atom stereocenters. The average Bonchev–Trinajstić information content (AvgIpc) is 2.30. The number of methoxy groups -OCH3 is 1. The first-order valence-electron chi connectivity index (χ1n) is 5.84. The molecule has 0 heterocycles. The first-order valence-corrected chi connectivity index (χ1v) is 5.84. The van der Waals surface area contributed by atoms with Crippen molar-refractivity contribution in [2.75, 3.05) is 53.2 Å². The molecular formula is C11H23NO5. The molecule has 0 spiro atoms. The first kappa shape index (κ1) is 16.3. The second kappa shape index (κ2) is 13.4. The van der Waals surface area contributed by atoms with Crippen LogP contribution in [0, 0.1) is 0 Å². The van der Waals surface area contributed by atoms with Crippen molar-refractivity contribution in [3.63, 3.8) is 0 Å². The highest BCUT2D eigenvalue weighted by Gasteiger charge is 1.95. The lowest BCUT2D eigenvalue weighted by atomic mass is 10.3. The van der Waals surface area contributed by atoms with Gasteiger partial charge in [-0.15, -0.1) is 0 Å². The summed E-state index contributed by atoms with van der Waals surface area (Å²) >= 11 is 0. The summed E-state index contributed by atoms with van der Waals surface area (Å²) in [5.74, 6) is -0.753. The number of carbonyl (C=O) groups is 1. The van der Waals surface area contributed by atoms with Crippen LogP contribution in [0.5, 0.6) is 0 Å². The Hall–Kier alpha value is -0.690. The molecule has 0 aliphatic carbocycles. The van der Waals surface area contributed by atoms with Gasteiger partial charge in [0, 0.05) is 20.1 Å². The monoisotopic (exact) mass is 249 g/mol. The van der Waals surface area contributed by atoms with Crippen LogP contribution in [-0.2, 0) is 19.0 Å². The van der Waals surface area contributed by atoms with Crippen LogP contribution in [0.15, 0.2) is 0 Å². The predicted octanol–water partition coefficient (Wildman–Crippen LogP) is 0.120. The van der Waals surface area contributed by atoms with E-state index in [9.17, 15) is 4.79 Å². The summed E-state index contributed by atoms with van der Waals surface area (Å²) in [5, 5.41) is 11.5. The molecule has 0 aliphatic heterocycles. The van der Waals surface area contributed by atoms with Crippen molar-refractivity contribution in [2.24, 2.45) is 0 Å². The van der Waals surface area contributed by atoms with E-state index in [2.05, 4.69) is 5.32 Å². The van der Waals surface area contributed by atoms with Crippen LogP contribution in [-0.4, -0.2) is 64.3 Å². The standard InChI is InChI=1S/C11H23NO5/c1-15-7-8-17-10-9-16-6-5-12-4-2-3-11(13)14/h12H,2-10H2,1H3,(H,13,14). The van der Waals surface area contributed by atoms with Crippen molar-refractivity contribution >= 4 is 5.97 Å². The van der Waals surface area contributed by atoms with Crippen LogP contribution in [0.25, 0.3) is 0 Å². The maximum Gasteiger partial charge on any atom is 0.303 e. The summed E-state index contributed by atoms with van der Waals surface area (Å²) in [6.07, 6.45) is 0.858. The maximum absolute atomic E-state index is 10.2. The quantitative estimate of drug-likeness (QED) is 0.451. The molecule has 6 heteroatoms. The van der Waals surface area contributed by atoms with Crippen LogP contribution in [0.3, 0.4) is 0 Å². The minimum atomic E-state index is -0.753. The van der Waals surface area contributed by atoms with Gasteiger partial charge in [0.25, 0.3) is 0 Å². The predicted molar refractivity (Wildman–Crippen MR) is 63.3 cm³/mol. The Kier molecular flexibility index (Phi) is 12.8. The first-order chi connectivity index (χ1) is 8.27. The van der Waals surface area contributed by atoms with Gasteiger partial charge in [0.2, 0.25) is 0 Å². The number of hydrogen-bond donors (Lipinski definition) is 2. The van der Waals surface area contributed by atoms with E-state index in [1.165, 1.54) is 0 Å². The van der Waals surface area contributed by atoms with E-state index >= 15 is 0 Å². The topological polar surface area (TPSA) is 77.0 Å². The van der Waals surface area contributed by atoms with E-state index in [0.717, 1.165) is 6.54 Å². The van der Waals surface area contributed by atoms with Crippen molar-refractivity contribution in [3.8, 4) is 0 Å². The molecule has 0 rings (SSSR count). The highest BCUT2D eigenvalue weighted by Crippen LogP contribution is 1.85. The number of aliphatic carboxylic acids is 1. The van der Waals surface area contributed by atoms with Gasteiger partial charge >= 0.3 is 5.97 Å². The van der Waals surface area contributed by atoms with E-state index in [-0.39, 0.29) is 6.42 Å². The van der Waals surface area contributed by atoms with Gasteiger partial charge in [0.15, 0.2) is 0 Å². The Balaban J connectivity index is 2.91. The molecule has 0 radical (unpaired) electrons. The molecule has 0 aromatic heterocycles. The van der Waals surface area contributed by atoms with Crippen LogP contribution in [0.2, 0.25) is 0 Å². The molecule has 6 nitrogen and oxygen atoms in total. The lowest BCUT2D eigenvalue weighted by Crippen LogP contribution is -2.22. The Morgan fingerprint density at radius 2 is 1.71 bits per heavy atom. The third-order valence-electron chi connectivity index (χ3n) is 1.97. The number of rotatable bonds is 13. The summed E-state index contributed by atoms with van der Waals surface area (Å²) in [6, 6.07) is 0. The number of hydrogen-bond acceptors (Lipinski definition) is 5. The van der Waals surface area contributed by atoms with Crippen molar-refractivity contribution in [1.82, 2.24) is 5.32 Å². The summed E-state index contributed by atoms with van der Waals surface area (Å²) in [6.45, 7) is 4.39. The van der Waals surface area contributed by atoms with Crippen molar-refractivity contribution < 1.29 is 24.1 Å². The molecule has 0 saturated carbocycles. The summed E-state index contributed by atoms with van der Waals surface area (Å²) in [5.41, 5.74) is 0. The highest BCUT2D eigenvalue weighted by atomic mass is 16.5. The van der Waals surface area contributed by atoms with Gasteiger partial charge in [0.05, 0.1) is 33.0 Å². The number of nitrogens with one attached hydrogen (secondary N) is 1. The largest absolute Gasteiger partial charge is 0.481 e. The van der Waals surface area contributed by atoms with Crippen LogP contribution < -0.4 is 5.32 Å². The molecule has 0 fully saturated rings. The van der Waals surface area contributed by atoms with Gasteiger partial charge < -0.3 is 24.6 Å². The van der Waals surface area contributed by atoms with Gasteiger partial charge in [-0.1, -0.05) is 0 Å². The van der Waals surface area contributed by atoms with E-state index in [1.807, 2.05) is 0 Å². The van der Waals surface area contributed by atoms with Gasteiger partial charge in [-0.2, -0.15) is 0 Å². The summed E-state index contributed by atoms with van der Waals surface area (Å²) in [7, 11) is 1.63. The van der Waals surface area contributed by atoms with Gasteiger partial charge in [-0.3, -0.25) is 4.79 Å². The number of ether oxygens (including phenoxy) is 3. The SMILES string of the molecule is COCCOCCOCCNCCCC(=O)O. The van der Waals surface area contributed by atoms with Gasteiger partial charge in [-0.25, -0.2) is 0 Å². The average molecular weight is 249 g/mol. The second-order valence-electron chi connectivity index (χ2n) is 3.46. The molecule has 0 saturated heterocycles. The van der Waals surface area contributed by atoms with E-state index < -0.39 is 5.97 Å². The third kappa shape index (κ3) is 15.3. The minimum Gasteiger partial charge on any atom is -0.481 e. The fraction of sp³-hybridized carbons (Fsp3) is 0.909. The number of carboxylic acid groups (broad SMARTS) is 1. The lowest BCUT2D eigenvalue weighted by molar-refractivity contribution is -0.137. The smallest absolute Gasteiger partial charge is 0.303 e. The molecule has 2 N–H and O–H groups in total. The third-order valence-corrected chi connectivity index (χ3v) is 1.97. The van der Waals surface area contributed by atoms with Crippen molar-refractivity contribution in [1.29, 1.82) is 0 Å². The summed E-state index contributed by atoms with van der Waals surface area (Å²) < 4.78 is 15.3. The molecule has 102 valence electrons.